The Morgan fingerprint density at radius 3 is 2.58 bits per heavy atom. The predicted octanol–water partition coefficient (Wildman–Crippen LogP) is 2.80. The van der Waals surface area contributed by atoms with E-state index in [2.05, 4.69) is 9.97 Å². The van der Waals surface area contributed by atoms with Gasteiger partial charge in [0.1, 0.15) is 0 Å². The van der Waals surface area contributed by atoms with Crippen molar-refractivity contribution in [1.29, 1.82) is 0 Å². The lowest BCUT2D eigenvalue weighted by molar-refractivity contribution is 0.0599. The summed E-state index contributed by atoms with van der Waals surface area (Å²) in [6, 6.07) is 4.52. The molecule has 1 unspecified atom stereocenters. The molecule has 2 heterocycles. The van der Waals surface area contributed by atoms with Gasteiger partial charge in [-0.2, -0.15) is 0 Å². The number of nitrogens with two attached hydrogens (primary N) is 1. The zero-order valence-corrected chi connectivity index (χ0v) is 19.5. The summed E-state index contributed by atoms with van der Waals surface area (Å²) in [7, 11) is -2.55. The number of rotatable bonds is 7. The average molecular weight is 465 g/mol. The highest BCUT2D eigenvalue weighted by Gasteiger charge is 2.27. The number of imidazole rings is 1. The molecule has 0 saturated carbocycles. The Morgan fingerprint density at radius 1 is 1.32 bits per heavy atom. The molecule has 0 aliphatic carbocycles. The summed E-state index contributed by atoms with van der Waals surface area (Å²) in [5, 5.41) is 5.29. The number of fused-ring (bicyclic) bond motifs is 1. The van der Waals surface area contributed by atoms with E-state index in [9.17, 15) is 18.0 Å². The van der Waals surface area contributed by atoms with Crippen LogP contribution in [0.15, 0.2) is 28.3 Å². The van der Waals surface area contributed by atoms with E-state index in [4.69, 9.17) is 9.88 Å². The quantitative estimate of drug-likeness (QED) is 0.311. The number of methoxy groups -OCH3 is 1. The first-order valence-electron chi connectivity index (χ1n) is 9.51. The van der Waals surface area contributed by atoms with Gasteiger partial charge >= 0.3 is 5.97 Å². The van der Waals surface area contributed by atoms with E-state index in [0.29, 0.717) is 39.7 Å². The van der Waals surface area contributed by atoms with E-state index in [1.54, 1.807) is 26.8 Å². The Balaban J connectivity index is 1.95. The predicted molar refractivity (Wildman–Crippen MR) is 118 cm³/mol. The van der Waals surface area contributed by atoms with Crippen LogP contribution in [0.5, 0.6) is 0 Å². The number of ketones is 1. The van der Waals surface area contributed by atoms with Crippen molar-refractivity contribution in [3.05, 3.63) is 40.7 Å². The normalized spacial score (nSPS) is 12.8. The summed E-state index contributed by atoms with van der Waals surface area (Å²) < 4.78 is 30.0. The lowest BCUT2D eigenvalue weighted by Crippen LogP contribution is -2.16. The number of hydrogen-bond donors (Lipinski definition) is 2. The molecule has 0 fully saturated rings. The van der Waals surface area contributed by atoms with Gasteiger partial charge in [0.15, 0.2) is 10.9 Å². The Labute approximate surface area is 184 Å². The van der Waals surface area contributed by atoms with Crippen molar-refractivity contribution < 1.29 is 22.7 Å². The highest BCUT2D eigenvalue weighted by molar-refractivity contribution is 8.00. The number of ether oxygens (including phenoxy) is 1. The Kier molecular flexibility index (Phi) is 6.30. The van der Waals surface area contributed by atoms with Crippen LogP contribution in [0.25, 0.3) is 11.0 Å². The monoisotopic (exact) mass is 464 g/mol. The Morgan fingerprint density at radius 2 is 2.00 bits per heavy atom. The zero-order chi connectivity index (χ0) is 23.1. The number of sulfonamides is 1. The average Bonchev–Trinajstić information content (AvgIpc) is 3.21. The molecule has 3 rings (SSSR count). The van der Waals surface area contributed by atoms with Gasteiger partial charge in [0, 0.05) is 12.2 Å². The number of primary sulfonamides is 1. The van der Waals surface area contributed by atoms with Gasteiger partial charge in [0.25, 0.3) is 0 Å². The van der Waals surface area contributed by atoms with Crippen molar-refractivity contribution in [3.8, 4) is 0 Å². The number of aromatic nitrogens is 3. The van der Waals surface area contributed by atoms with Crippen molar-refractivity contribution in [1.82, 2.24) is 14.5 Å². The number of carbonyl (C=O) groups is 2. The Hall–Kier alpha value is -2.63. The molecule has 3 N–H and O–H groups in total. The first-order chi connectivity index (χ1) is 14.5. The fourth-order valence-corrected chi connectivity index (χ4v) is 5.06. The molecule has 11 heteroatoms. The van der Waals surface area contributed by atoms with Crippen molar-refractivity contribution in [2.75, 3.05) is 7.11 Å². The molecule has 1 aromatic carbocycles. The lowest BCUT2D eigenvalue weighted by Gasteiger charge is -2.11. The molecule has 0 aliphatic rings. The molecule has 0 saturated heterocycles. The topological polar surface area (TPSA) is 137 Å². The van der Waals surface area contributed by atoms with E-state index in [1.165, 1.54) is 31.0 Å². The minimum atomic E-state index is -3.85. The van der Waals surface area contributed by atoms with E-state index in [-0.39, 0.29) is 10.7 Å². The van der Waals surface area contributed by atoms with Crippen LogP contribution in [0.3, 0.4) is 0 Å². The van der Waals surface area contributed by atoms with Gasteiger partial charge in [-0.15, -0.1) is 0 Å². The van der Waals surface area contributed by atoms with Crippen molar-refractivity contribution in [2.45, 2.75) is 49.5 Å². The number of benzene rings is 1. The first-order valence-corrected chi connectivity index (χ1v) is 11.9. The van der Waals surface area contributed by atoms with Crippen molar-refractivity contribution in [3.63, 3.8) is 0 Å². The highest BCUT2D eigenvalue weighted by Crippen LogP contribution is 2.31. The lowest BCUT2D eigenvalue weighted by atomic mass is 10.1. The molecule has 0 amide bonds. The third-order valence-corrected chi connectivity index (χ3v) is 7.06. The van der Waals surface area contributed by atoms with Gasteiger partial charge < -0.3 is 14.3 Å². The van der Waals surface area contributed by atoms with Gasteiger partial charge in [-0.05, 0) is 51.5 Å². The third kappa shape index (κ3) is 4.25. The number of H-pyrrole nitrogens is 1. The number of nitrogens with zero attached hydrogens (tertiary/aromatic N) is 2. The van der Waals surface area contributed by atoms with Crippen LogP contribution < -0.4 is 5.14 Å². The molecule has 3 aromatic rings. The summed E-state index contributed by atoms with van der Waals surface area (Å²) in [4.78, 5) is 32.6. The molecule has 166 valence electrons. The number of thioether (sulfide) groups is 1. The second kappa shape index (κ2) is 8.48. The van der Waals surface area contributed by atoms with E-state index in [0.717, 1.165) is 5.52 Å². The molecule has 0 aliphatic heterocycles. The molecule has 0 spiro atoms. The van der Waals surface area contributed by atoms with Crippen molar-refractivity contribution in [2.24, 2.45) is 5.14 Å². The van der Waals surface area contributed by atoms with Crippen LogP contribution in [0.4, 0.5) is 0 Å². The molecule has 2 aromatic heterocycles. The molecule has 0 bridgehead atoms. The second-order valence-corrected chi connectivity index (χ2v) is 9.94. The van der Waals surface area contributed by atoms with Gasteiger partial charge in [0.05, 0.1) is 39.5 Å². The van der Waals surface area contributed by atoms with Gasteiger partial charge in [-0.1, -0.05) is 11.8 Å². The largest absolute Gasteiger partial charge is 0.465 e. The number of hydrogen-bond acceptors (Lipinski definition) is 7. The first kappa shape index (κ1) is 23.0. The molecular weight excluding hydrogens is 440 g/mol. The minimum Gasteiger partial charge on any atom is -0.465 e. The summed E-state index contributed by atoms with van der Waals surface area (Å²) in [5.74, 6) is -0.676. The fraction of sp³-hybridized carbons (Fsp3) is 0.350. The summed E-state index contributed by atoms with van der Waals surface area (Å²) in [5.41, 5.74) is 3.06. The number of carbonyl (C=O) groups excluding carboxylic acids is 2. The maximum atomic E-state index is 13.1. The van der Waals surface area contributed by atoms with Crippen LogP contribution in [0, 0.1) is 13.8 Å². The van der Waals surface area contributed by atoms with E-state index < -0.39 is 21.2 Å². The highest BCUT2D eigenvalue weighted by atomic mass is 32.2. The summed E-state index contributed by atoms with van der Waals surface area (Å²) in [6.07, 6.45) is 0. The number of aryl methyl sites for hydroxylation is 2. The van der Waals surface area contributed by atoms with Crippen LogP contribution in [0.2, 0.25) is 0 Å². The van der Waals surface area contributed by atoms with Crippen molar-refractivity contribution >= 4 is 44.6 Å². The maximum Gasteiger partial charge on any atom is 0.339 e. The smallest absolute Gasteiger partial charge is 0.339 e. The summed E-state index contributed by atoms with van der Waals surface area (Å²) in [6.45, 7) is 7.70. The molecule has 1 atom stereocenters. The second-order valence-electron chi connectivity index (χ2n) is 7.08. The van der Waals surface area contributed by atoms with Crippen LogP contribution >= 0.6 is 11.8 Å². The number of aromatic amines is 1. The number of nitrogens with one attached hydrogen (secondary N) is 1. The van der Waals surface area contributed by atoms with Gasteiger partial charge in [0.2, 0.25) is 10.0 Å². The minimum absolute atomic E-state index is 0.0192. The molecule has 0 radical (unpaired) electrons. The Bertz CT molecular complexity index is 1290. The summed E-state index contributed by atoms with van der Waals surface area (Å²) >= 11 is 1.26. The van der Waals surface area contributed by atoms with Crippen LogP contribution in [-0.2, 0) is 21.3 Å². The van der Waals surface area contributed by atoms with Crippen LogP contribution in [0.1, 0.15) is 46.0 Å². The van der Waals surface area contributed by atoms with Gasteiger partial charge in [-0.25, -0.2) is 23.3 Å². The number of Topliss-reactive ketones (excluding diaryl/α,β-unsaturated/α-hetero) is 1. The molecule has 31 heavy (non-hydrogen) atoms. The fourth-order valence-electron chi connectivity index (χ4n) is 3.48. The van der Waals surface area contributed by atoms with Gasteiger partial charge in [-0.3, -0.25) is 4.79 Å². The SMILES string of the molecule is CCn1c(SC(C)C(=O)c2[nH]c(C)c(C(=O)OC)c2C)nc2cc(S(N)(=O)=O)ccc21. The van der Waals surface area contributed by atoms with Crippen LogP contribution in [-0.4, -0.2) is 47.1 Å². The molecule has 9 nitrogen and oxygen atoms in total. The number of esters is 1. The molecular formula is C20H24N4O5S2. The standard InChI is InChI=1S/C20H24N4O5S2/c1-6-24-15-8-7-13(31(21,27)28)9-14(15)23-20(24)30-12(4)18(25)17-10(2)16(11(3)22-17)19(26)29-5/h7-9,12,22H,6H2,1-5H3,(H2,21,27,28). The zero-order valence-electron chi connectivity index (χ0n) is 17.8. The van der Waals surface area contributed by atoms with E-state index in [1.807, 2.05) is 11.5 Å². The maximum absolute atomic E-state index is 13.1. The van der Waals surface area contributed by atoms with E-state index >= 15 is 0 Å². The third-order valence-electron chi connectivity index (χ3n) is 5.05.